The Kier molecular flexibility index (Phi) is 6.12. The van der Waals surface area contributed by atoms with Gasteiger partial charge in [-0.3, -0.25) is 4.79 Å². The third-order valence-electron chi connectivity index (χ3n) is 2.67. The summed E-state index contributed by atoms with van der Waals surface area (Å²) in [5.41, 5.74) is 0.930. The van der Waals surface area contributed by atoms with Crippen molar-refractivity contribution < 1.29 is 9.53 Å². The standard InChI is InChI=1S/C14H21ClN2O2/c1-10-9-12(5-6-13(10)15)19-11(2)14(18)16-7-8-17(3)4/h5-6,9,11H,7-8H2,1-4H3,(H,16,18)/t11-/m1/s1. The number of hydrogen-bond donors (Lipinski definition) is 1. The van der Waals surface area contributed by atoms with Gasteiger partial charge < -0.3 is 15.0 Å². The predicted molar refractivity (Wildman–Crippen MR) is 77.8 cm³/mol. The predicted octanol–water partition coefficient (Wildman–Crippen LogP) is 2.09. The van der Waals surface area contributed by atoms with Crippen molar-refractivity contribution >= 4 is 17.5 Å². The highest BCUT2D eigenvalue weighted by Gasteiger charge is 2.14. The van der Waals surface area contributed by atoms with Crippen LogP contribution >= 0.6 is 11.6 Å². The van der Waals surface area contributed by atoms with Gasteiger partial charge >= 0.3 is 0 Å². The highest BCUT2D eigenvalue weighted by Crippen LogP contribution is 2.21. The van der Waals surface area contributed by atoms with Crippen molar-refractivity contribution in [3.05, 3.63) is 28.8 Å². The molecule has 1 aromatic rings. The number of rotatable bonds is 6. The van der Waals surface area contributed by atoms with Crippen molar-refractivity contribution in [1.82, 2.24) is 10.2 Å². The van der Waals surface area contributed by atoms with Crippen molar-refractivity contribution in [1.29, 1.82) is 0 Å². The average Bonchev–Trinajstić information content (AvgIpc) is 2.33. The quantitative estimate of drug-likeness (QED) is 0.870. The van der Waals surface area contributed by atoms with Crippen LogP contribution in [0, 0.1) is 6.92 Å². The van der Waals surface area contributed by atoms with Gasteiger partial charge in [0, 0.05) is 18.1 Å². The number of likely N-dealkylation sites (N-methyl/N-ethyl adjacent to an activating group) is 1. The monoisotopic (exact) mass is 284 g/mol. The fraction of sp³-hybridized carbons (Fsp3) is 0.500. The Balaban J connectivity index is 2.47. The van der Waals surface area contributed by atoms with Gasteiger partial charge in [-0.25, -0.2) is 0 Å². The second-order valence-corrected chi connectivity index (χ2v) is 5.17. The van der Waals surface area contributed by atoms with Crippen LogP contribution in [0.25, 0.3) is 0 Å². The maximum atomic E-state index is 11.8. The third kappa shape index (κ3) is 5.49. The molecule has 0 unspecified atom stereocenters. The highest BCUT2D eigenvalue weighted by atomic mass is 35.5. The molecule has 0 aliphatic rings. The first-order valence-electron chi connectivity index (χ1n) is 6.25. The van der Waals surface area contributed by atoms with E-state index in [1.54, 1.807) is 19.1 Å². The van der Waals surface area contributed by atoms with E-state index in [-0.39, 0.29) is 5.91 Å². The molecule has 1 N–H and O–H groups in total. The normalized spacial score (nSPS) is 12.3. The maximum Gasteiger partial charge on any atom is 0.260 e. The van der Waals surface area contributed by atoms with Gasteiger partial charge in [0.05, 0.1) is 0 Å². The molecule has 0 saturated heterocycles. The zero-order valence-corrected chi connectivity index (χ0v) is 12.6. The van der Waals surface area contributed by atoms with Crippen LogP contribution in [-0.2, 0) is 4.79 Å². The zero-order chi connectivity index (χ0) is 14.4. The Morgan fingerprint density at radius 3 is 2.74 bits per heavy atom. The maximum absolute atomic E-state index is 11.8. The van der Waals surface area contributed by atoms with E-state index < -0.39 is 6.10 Å². The largest absolute Gasteiger partial charge is 0.481 e. The minimum atomic E-state index is -0.525. The summed E-state index contributed by atoms with van der Waals surface area (Å²) >= 11 is 5.94. The number of carbonyl (C=O) groups is 1. The first kappa shape index (κ1) is 15.8. The van der Waals surface area contributed by atoms with Crippen molar-refractivity contribution in [2.75, 3.05) is 27.2 Å². The molecule has 1 amide bonds. The molecule has 0 saturated carbocycles. The molecule has 5 heteroatoms. The fourth-order valence-electron chi connectivity index (χ4n) is 1.49. The molecular weight excluding hydrogens is 264 g/mol. The molecule has 0 aliphatic heterocycles. The summed E-state index contributed by atoms with van der Waals surface area (Å²) in [5, 5.41) is 3.52. The summed E-state index contributed by atoms with van der Waals surface area (Å²) in [5.74, 6) is 0.534. The van der Waals surface area contributed by atoms with E-state index in [1.165, 1.54) is 0 Å². The van der Waals surface area contributed by atoms with Crippen molar-refractivity contribution in [3.8, 4) is 5.75 Å². The molecule has 0 aromatic heterocycles. The second-order valence-electron chi connectivity index (χ2n) is 4.77. The smallest absolute Gasteiger partial charge is 0.260 e. The molecule has 1 rings (SSSR count). The van der Waals surface area contributed by atoms with Crippen LogP contribution in [-0.4, -0.2) is 44.1 Å². The Labute approximate surface area is 119 Å². The fourth-order valence-corrected chi connectivity index (χ4v) is 1.61. The van der Waals surface area contributed by atoms with Gasteiger partial charge in [-0.2, -0.15) is 0 Å². The summed E-state index contributed by atoms with van der Waals surface area (Å²) in [6.07, 6.45) is -0.525. The summed E-state index contributed by atoms with van der Waals surface area (Å²) in [6, 6.07) is 5.35. The molecule has 0 heterocycles. The molecular formula is C14H21ClN2O2. The number of aryl methyl sites for hydroxylation is 1. The lowest BCUT2D eigenvalue weighted by Gasteiger charge is -2.16. The molecule has 1 atom stereocenters. The number of halogens is 1. The van der Waals surface area contributed by atoms with Crippen LogP contribution in [0.3, 0.4) is 0 Å². The molecule has 0 bridgehead atoms. The molecule has 0 radical (unpaired) electrons. The summed E-state index contributed by atoms with van der Waals surface area (Å²) in [6.45, 7) is 5.05. The minimum absolute atomic E-state index is 0.116. The number of ether oxygens (including phenoxy) is 1. The Morgan fingerprint density at radius 2 is 2.16 bits per heavy atom. The van der Waals surface area contributed by atoms with Gasteiger partial charge in [0.15, 0.2) is 6.10 Å². The Morgan fingerprint density at radius 1 is 1.47 bits per heavy atom. The van der Waals surface area contributed by atoms with E-state index in [0.717, 1.165) is 12.1 Å². The van der Waals surface area contributed by atoms with Crippen molar-refractivity contribution in [2.24, 2.45) is 0 Å². The minimum Gasteiger partial charge on any atom is -0.481 e. The number of carbonyl (C=O) groups excluding carboxylic acids is 1. The molecule has 4 nitrogen and oxygen atoms in total. The van der Waals surface area contributed by atoms with Gasteiger partial charge in [-0.15, -0.1) is 0 Å². The van der Waals surface area contributed by atoms with Crippen LogP contribution in [0.1, 0.15) is 12.5 Å². The number of hydrogen-bond acceptors (Lipinski definition) is 3. The number of nitrogens with zero attached hydrogens (tertiary/aromatic N) is 1. The van der Waals surface area contributed by atoms with Crippen LogP contribution < -0.4 is 10.1 Å². The first-order valence-corrected chi connectivity index (χ1v) is 6.63. The lowest BCUT2D eigenvalue weighted by Crippen LogP contribution is -2.39. The Bertz CT molecular complexity index is 435. The number of nitrogens with one attached hydrogen (secondary N) is 1. The van der Waals surface area contributed by atoms with Gasteiger partial charge in [0.25, 0.3) is 5.91 Å². The van der Waals surface area contributed by atoms with E-state index in [9.17, 15) is 4.79 Å². The first-order chi connectivity index (χ1) is 8.90. The summed E-state index contributed by atoms with van der Waals surface area (Å²) < 4.78 is 5.59. The lowest BCUT2D eigenvalue weighted by atomic mass is 10.2. The Hall–Kier alpha value is -1.26. The number of amides is 1. The zero-order valence-electron chi connectivity index (χ0n) is 11.9. The van der Waals surface area contributed by atoms with Crippen molar-refractivity contribution in [2.45, 2.75) is 20.0 Å². The summed E-state index contributed by atoms with van der Waals surface area (Å²) in [4.78, 5) is 13.8. The van der Waals surface area contributed by atoms with E-state index in [4.69, 9.17) is 16.3 Å². The van der Waals surface area contributed by atoms with Crippen molar-refractivity contribution in [3.63, 3.8) is 0 Å². The second kappa shape index (κ2) is 7.36. The van der Waals surface area contributed by atoms with Gasteiger partial charge in [0.1, 0.15) is 5.75 Å². The molecule has 0 spiro atoms. The van der Waals surface area contributed by atoms with E-state index >= 15 is 0 Å². The number of benzene rings is 1. The van der Waals surface area contributed by atoms with E-state index in [1.807, 2.05) is 32.0 Å². The van der Waals surface area contributed by atoms with Crippen LogP contribution in [0.2, 0.25) is 5.02 Å². The average molecular weight is 285 g/mol. The van der Waals surface area contributed by atoms with Gasteiger partial charge in [-0.05, 0) is 51.7 Å². The molecule has 0 fully saturated rings. The molecule has 1 aromatic carbocycles. The van der Waals surface area contributed by atoms with E-state index in [0.29, 0.717) is 17.3 Å². The SMILES string of the molecule is Cc1cc(O[C@H](C)C(=O)NCCN(C)C)ccc1Cl. The highest BCUT2D eigenvalue weighted by molar-refractivity contribution is 6.31. The molecule has 19 heavy (non-hydrogen) atoms. The van der Waals surface area contributed by atoms with E-state index in [2.05, 4.69) is 5.32 Å². The molecule has 106 valence electrons. The topological polar surface area (TPSA) is 41.6 Å². The van der Waals surface area contributed by atoms with Gasteiger partial charge in [0.2, 0.25) is 0 Å². The van der Waals surface area contributed by atoms with Crippen LogP contribution in [0.5, 0.6) is 5.75 Å². The lowest BCUT2D eigenvalue weighted by molar-refractivity contribution is -0.127. The third-order valence-corrected chi connectivity index (χ3v) is 3.09. The van der Waals surface area contributed by atoms with Crippen LogP contribution in [0.15, 0.2) is 18.2 Å². The van der Waals surface area contributed by atoms with Crippen LogP contribution in [0.4, 0.5) is 0 Å². The molecule has 0 aliphatic carbocycles. The summed E-state index contributed by atoms with van der Waals surface area (Å²) in [7, 11) is 3.92. The van der Waals surface area contributed by atoms with Gasteiger partial charge in [-0.1, -0.05) is 11.6 Å².